The number of furan rings is 1. The largest absolute Gasteiger partial charge is 0.469 e. The maximum atomic E-state index is 13.7. The molecular weight excluding hydrogens is 522 g/mol. The molecule has 2 saturated heterocycles. The Hall–Kier alpha value is -2.82. The summed E-state index contributed by atoms with van der Waals surface area (Å²) in [6, 6.07) is 10.0. The van der Waals surface area contributed by atoms with E-state index in [4.69, 9.17) is 16.0 Å². The highest BCUT2D eigenvalue weighted by Gasteiger charge is 2.57. The van der Waals surface area contributed by atoms with Crippen molar-refractivity contribution in [3.05, 3.63) is 68.0 Å². The van der Waals surface area contributed by atoms with Gasteiger partial charge in [0, 0.05) is 18.1 Å². The maximum absolute atomic E-state index is 13.7. The van der Waals surface area contributed by atoms with E-state index in [0.717, 1.165) is 30.6 Å². The lowest BCUT2D eigenvalue weighted by atomic mass is 9.87. The fourth-order valence-corrected chi connectivity index (χ4v) is 8.13. The minimum Gasteiger partial charge on any atom is -0.469 e. The lowest BCUT2D eigenvalue weighted by Gasteiger charge is -2.30. The number of likely N-dealkylation sites (tertiary alicyclic amines) is 1. The Morgan fingerprint density at radius 2 is 1.78 bits per heavy atom. The minimum absolute atomic E-state index is 0.0804. The number of carbonyl (C=O) groups is 3. The van der Waals surface area contributed by atoms with Crippen LogP contribution >= 0.6 is 34.7 Å². The molecule has 8 nitrogen and oxygen atoms in total. The number of aromatic nitrogens is 1. The van der Waals surface area contributed by atoms with E-state index < -0.39 is 17.1 Å². The summed E-state index contributed by atoms with van der Waals surface area (Å²) in [5.74, 6) is -1.62. The molecule has 0 spiro atoms. The van der Waals surface area contributed by atoms with Crippen molar-refractivity contribution in [3.8, 4) is 0 Å². The van der Waals surface area contributed by atoms with Crippen molar-refractivity contribution in [2.45, 2.75) is 42.0 Å². The van der Waals surface area contributed by atoms with Gasteiger partial charge in [0.2, 0.25) is 17.7 Å². The minimum atomic E-state index is -0.749. The predicted molar refractivity (Wildman–Crippen MR) is 137 cm³/mol. The van der Waals surface area contributed by atoms with Crippen LogP contribution in [0.2, 0.25) is 5.02 Å². The van der Waals surface area contributed by atoms with Crippen molar-refractivity contribution in [2.24, 2.45) is 5.92 Å². The highest BCUT2D eigenvalue weighted by Crippen LogP contribution is 2.53. The highest BCUT2D eigenvalue weighted by molar-refractivity contribution is 8.00. The van der Waals surface area contributed by atoms with E-state index in [1.807, 2.05) is 0 Å². The summed E-state index contributed by atoms with van der Waals surface area (Å²) in [7, 11) is 0. The second-order valence-electron chi connectivity index (χ2n) is 9.11. The average molecular weight is 544 g/mol. The summed E-state index contributed by atoms with van der Waals surface area (Å²) in [6.07, 6.45) is 4.53. The van der Waals surface area contributed by atoms with E-state index in [0.29, 0.717) is 39.5 Å². The average Bonchev–Trinajstić information content (AvgIpc) is 3.58. The Morgan fingerprint density at radius 3 is 2.47 bits per heavy atom. The summed E-state index contributed by atoms with van der Waals surface area (Å²) in [5.41, 5.74) is 0.448. The molecule has 3 atom stereocenters. The molecule has 5 heterocycles. The van der Waals surface area contributed by atoms with Gasteiger partial charge in [-0.05, 0) is 55.7 Å². The summed E-state index contributed by atoms with van der Waals surface area (Å²) in [6.45, 7) is 1.30. The molecule has 3 aliphatic heterocycles. The molecular formula is C25H22ClN3O5S2. The molecule has 3 amide bonds. The Kier molecular flexibility index (Phi) is 6.05. The Bertz CT molecular complexity index is 1390. The molecule has 0 bridgehead atoms. The first-order valence-electron chi connectivity index (χ1n) is 11.8. The molecule has 11 heteroatoms. The van der Waals surface area contributed by atoms with Crippen LogP contribution in [0.3, 0.4) is 0 Å². The van der Waals surface area contributed by atoms with Crippen LogP contribution in [-0.4, -0.2) is 45.5 Å². The number of imide groups is 1. The number of hydrogen-bond acceptors (Lipinski definition) is 7. The number of thioether (sulfide) groups is 1. The molecule has 0 saturated carbocycles. The van der Waals surface area contributed by atoms with E-state index in [1.165, 1.54) is 27.5 Å². The van der Waals surface area contributed by atoms with Crippen LogP contribution in [-0.2, 0) is 20.9 Å². The molecule has 36 heavy (non-hydrogen) atoms. The molecule has 186 valence electrons. The van der Waals surface area contributed by atoms with Crippen LogP contribution in [0.5, 0.6) is 0 Å². The second-order valence-corrected chi connectivity index (χ2v) is 11.7. The van der Waals surface area contributed by atoms with Crippen molar-refractivity contribution < 1.29 is 18.8 Å². The highest BCUT2D eigenvalue weighted by atomic mass is 35.5. The van der Waals surface area contributed by atoms with Gasteiger partial charge in [-0.25, -0.2) is 4.90 Å². The topological polar surface area (TPSA) is 92.8 Å². The van der Waals surface area contributed by atoms with Crippen LogP contribution in [0, 0.1) is 5.92 Å². The number of benzene rings is 1. The predicted octanol–water partition coefficient (Wildman–Crippen LogP) is 3.96. The van der Waals surface area contributed by atoms with Gasteiger partial charge in [0.25, 0.3) is 0 Å². The number of fused-ring (bicyclic) bond motifs is 2. The number of carbonyl (C=O) groups excluding carboxylic acids is 3. The fraction of sp³-hybridized carbons (Fsp3) is 0.360. The van der Waals surface area contributed by atoms with Crippen molar-refractivity contribution in [1.82, 2.24) is 9.47 Å². The van der Waals surface area contributed by atoms with Gasteiger partial charge in [0.05, 0.1) is 33.7 Å². The van der Waals surface area contributed by atoms with E-state index in [2.05, 4.69) is 0 Å². The normalized spacial score (nSPS) is 23.6. The molecule has 3 aliphatic rings. The Labute approximate surface area is 219 Å². The lowest BCUT2D eigenvalue weighted by molar-refractivity contribution is -0.133. The number of rotatable bonds is 4. The monoisotopic (exact) mass is 543 g/mol. The zero-order valence-corrected chi connectivity index (χ0v) is 21.5. The van der Waals surface area contributed by atoms with Gasteiger partial charge in [0.1, 0.15) is 17.6 Å². The van der Waals surface area contributed by atoms with Gasteiger partial charge in [-0.3, -0.25) is 23.7 Å². The first-order chi connectivity index (χ1) is 17.4. The van der Waals surface area contributed by atoms with Crippen LogP contribution in [0.4, 0.5) is 5.69 Å². The van der Waals surface area contributed by atoms with Crippen molar-refractivity contribution in [3.63, 3.8) is 0 Å². The molecule has 0 unspecified atom stereocenters. The molecule has 0 aliphatic carbocycles. The first kappa shape index (κ1) is 23.6. The fourth-order valence-electron chi connectivity index (χ4n) is 5.25. The number of anilines is 1. The third-order valence-electron chi connectivity index (χ3n) is 6.99. The smallest absolute Gasteiger partial charge is 0.308 e. The molecule has 6 rings (SSSR count). The van der Waals surface area contributed by atoms with Gasteiger partial charge in [0.15, 0.2) is 0 Å². The molecule has 1 aromatic carbocycles. The summed E-state index contributed by atoms with van der Waals surface area (Å²) < 4.78 is 7.18. The summed E-state index contributed by atoms with van der Waals surface area (Å²) >= 11 is 8.23. The zero-order chi connectivity index (χ0) is 25.0. The number of halogens is 1. The number of hydrogen-bond donors (Lipinski definition) is 0. The van der Waals surface area contributed by atoms with Crippen LogP contribution in [0.15, 0.2) is 56.9 Å². The summed E-state index contributed by atoms with van der Waals surface area (Å²) in [4.78, 5) is 56.8. The Morgan fingerprint density at radius 1 is 1.03 bits per heavy atom. The summed E-state index contributed by atoms with van der Waals surface area (Å²) in [5, 5.41) is 0.320. The maximum Gasteiger partial charge on any atom is 0.308 e. The third-order valence-corrected chi connectivity index (χ3v) is 9.84. The third kappa shape index (κ3) is 3.82. The molecule has 3 aromatic rings. The number of amides is 3. The standard InChI is InChI=1S/C25H22ClN3O5S2/c26-14-6-8-15(9-7-14)29-22(31)19-18(16-5-4-12-34-16)21-24(35-20(19)23(29)32)28(25(33)36-21)13-17(30)27-10-2-1-3-11-27/h4-9,12,18-20H,1-3,10-11,13H2/t18-,19-,20+/m0/s1. The molecule has 2 fully saturated rings. The number of thiazole rings is 1. The van der Waals surface area contributed by atoms with Gasteiger partial charge in [-0.1, -0.05) is 34.7 Å². The second kappa shape index (κ2) is 9.24. The van der Waals surface area contributed by atoms with E-state index in [9.17, 15) is 19.2 Å². The van der Waals surface area contributed by atoms with Gasteiger partial charge in [-0.15, -0.1) is 0 Å². The van der Waals surface area contributed by atoms with Gasteiger partial charge < -0.3 is 9.32 Å². The van der Waals surface area contributed by atoms with Crippen LogP contribution < -0.4 is 9.77 Å². The number of piperidine rings is 1. The van der Waals surface area contributed by atoms with Crippen molar-refractivity contribution in [1.29, 1.82) is 0 Å². The molecule has 2 aromatic heterocycles. The van der Waals surface area contributed by atoms with E-state index in [1.54, 1.807) is 41.3 Å². The Balaban J connectivity index is 1.41. The van der Waals surface area contributed by atoms with Crippen molar-refractivity contribution in [2.75, 3.05) is 18.0 Å². The van der Waals surface area contributed by atoms with Gasteiger partial charge >= 0.3 is 4.87 Å². The van der Waals surface area contributed by atoms with Gasteiger partial charge in [-0.2, -0.15) is 0 Å². The van der Waals surface area contributed by atoms with Crippen LogP contribution in [0.1, 0.15) is 35.8 Å². The number of nitrogens with zero attached hydrogens (tertiary/aromatic N) is 3. The lowest BCUT2D eigenvalue weighted by Crippen LogP contribution is -2.39. The van der Waals surface area contributed by atoms with Crippen molar-refractivity contribution >= 4 is 58.1 Å². The zero-order valence-electron chi connectivity index (χ0n) is 19.1. The first-order valence-corrected chi connectivity index (χ1v) is 13.9. The molecule has 0 N–H and O–H groups in total. The SMILES string of the molecule is O=C(Cn1c2c(sc1=O)[C@@H](c1ccco1)[C@@H]1C(=O)N(c3ccc(Cl)cc3)C(=O)[C@@H]1S2)N1CCCCC1. The van der Waals surface area contributed by atoms with Crippen LogP contribution in [0.25, 0.3) is 0 Å². The van der Waals surface area contributed by atoms with E-state index >= 15 is 0 Å². The molecule has 0 radical (unpaired) electrons. The van der Waals surface area contributed by atoms with E-state index in [-0.39, 0.29) is 29.1 Å². The quantitative estimate of drug-likeness (QED) is 0.462.